The molecule has 0 aromatic heterocycles. The van der Waals surface area contributed by atoms with Crippen LogP contribution in [0, 0.1) is 5.92 Å². The molecule has 0 aliphatic carbocycles. The Labute approximate surface area is 174 Å². The highest BCUT2D eigenvalue weighted by Gasteiger charge is 2.34. The molecule has 0 aromatic carbocycles. The molecule has 4 amide bonds. The van der Waals surface area contributed by atoms with Crippen molar-refractivity contribution in [2.24, 2.45) is 5.92 Å². The first-order chi connectivity index (χ1) is 13.7. The molecule has 166 valence electrons. The Bertz CT molecular complexity index is 579. The van der Waals surface area contributed by atoms with Crippen molar-refractivity contribution in [2.45, 2.75) is 91.3 Å². The van der Waals surface area contributed by atoms with Gasteiger partial charge in [-0.2, -0.15) is 0 Å². The highest BCUT2D eigenvalue weighted by molar-refractivity contribution is 5.94. The zero-order valence-electron chi connectivity index (χ0n) is 18.5. The van der Waals surface area contributed by atoms with Crippen molar-refractivity contribution in [1.29, 1.82) is 0 Å². The van der Waals surface area contributed by atoms with Crippen LogP contribution in [0.1, 0.15) is 73.1 Å². The van der Waals surface area contributed by atoms with Crippen LogP contribution in [0.2, 0.25) is 0 Å². The van der Waals surface area contributed by atoms with E-state index in [-0.39, 0.29) is 17.7 Å². The zero-order chi connectivity index (χ0) is 22.0. The van der Waals surface area contributed by atoms with Crippen LogP contribution in [-0.4, -0.2) is 59.7 Å². The lowest BCUT2D eigenvalue weighted by molar-refractivity contribution is -0.135. The molecular weight excluding hydrogens is 372 g/mol. The fourth-order valence-electron chi connectivity index (χ4n) is 3.45. The minimum absolute atomic E-state index is 0.0474. The van der Waals surface area contributed by atoms with Crippen LogP contribution in [-0.2, 0) is 19.2 Å². The van der Waals surface area contributed by atoms with Gasteiger partial charge in [-0.05, 0) is 31.6 Å². The Morgan fingerprint density at radius 1 is 1.03 bits per heavy atom. The van der Waals surface area contributed by atoms with E-state index in [1.165, 1.54) is 6.92 Å². The van der Waals surface area contributed by atoms with Crippen molar-refractivity contribution in [3.8, 4) is 0 Å². The smallest absolute Gasteiger partial charge is 0.245 e. The third-order valence-corrected chi connectivity index (χ3v) is 5.22. The number of hydrogen-bond acceptors (Lipinski definition) is 4. The van der Waals surface area contributed by atoms with E-state index in [4.69, 9.17) is 0 Å². The molecule has 1 aliphatic heterocycles. The molecule has 0 radical (unpaired) electrons. The predicted molar refractivity (Wildman–Crippen MR) is 112 cm³/mol. The second kappa shape index (κ2) is 12.4. The number of rotatable bonds is 12. The topological polar surface area (TPSA) is 108 Å². The highest BCUT2D eigenvalue weighted by Crippen LogP contribution is 2.14. The average Bonchev–Trinajstić information content (AvgIpc) is 3.00. The first-order valence-electron chi connectivity index (χ1n) is 10.9. The van der Waals surface area contributed by atoms with Crippen LogP contribution in [0.25, 0.3) is 0 Å². The molecule has 29 heavy (non-hydrogen) atoms. The van der Waals surface area contributed by atoms with Crippen LogP contribution in [0.5, 0.6) is 0 Å². The van der Waals surface area contributed by atoms with Crippen molar-refractivity contribution in [2.75, 3.05) is 13.1 Å². The van der Waals surface area contributed by atoms with E-state index in [1.807, 2.05) is 4.90 Å². The summed E-state index contributed by atoms with van der Waals surface area (Å²) in [5, 5.41) is 8.05. The van der Waals surface area contributed by atoms with Gasteiger partial charge in [0.2, 0.25) is 23.6 Å². The molecule has 1 heterocycles. The summed E-state index contributed by atoms with van der Waals surface area (Å²) in [7, 11) is 0. The molecule has 1 aliphatic rings. The number of likely N-dealkylation sites (tertiary alicyclic amines) is 1. The van der Waals surface area contributed by atoms with Gasteiger partial charge in [0.05, 0.1) is 0 Å². The number of carbonyl (C=O) groups is 4. The Balaban J connectivity index is 2.52. The minimum atomic E-state index is -0.738. The Morgan fingerprint density at radius 2 is 1.66 bits per heavy atom. The van der Waals surface area contributed by atoms with E-state index in [9.17, 15) is 19.2 Å². The molecule has 8 nitrogen and oxygen atoms in total. The molecule has 1 rings (SSSR count). The molecule has 8 heteroatoms. The van der Waals surface area contributed by atoms with E-state index in [2.05, 4.69) is 29.8 Å². The Kier molecular flexibility index (Phi) is 10.7. The summed E-state index contributed by atoms with van der Waals surface area (Å²) in [5.41, 5.74) is 0. The molecule has 1 saturated heterocycles. The fourth-order valence-corrected chi connectivity index (χ4v) is 3.45. The Morgan fingerprint density at radius 3 is 2.21 bits per heavy atom. The molecule has 3 atom stereocenters. The maximum atomic E-state index is 12.6. The molecule has 0 spiro atoms. The predicted octanol–water partition coefficient (Wildman–Crippen LogP) is 1.34. The highest BCUT2D eigenvalue weighted by atomic mass is 16.2. The van der Waals surface area contributed by atoms with E-state index < -0.39 is 24.0 Å². The monoisotopic (exact) mass is 410 g/mol. The van der Waals surface area contributed by atoms with Crippen molar-refractivity contribution >= 4 is 23.6 Å². The van der Waals surface area contributed by atoms with Crippen LogP contribution < -0.4 is 16.0 Å². The molecule has 0 bridgehead atoms. The molecule has 3 N–H and O–H groups in total. The second-order valence-electron chi connectivity index (χ2n) is 8.20. The summed E-state index contributed by atoms with van der Waals surface area (Å²) in [6.45, 7) is 10.7. The standard InChI is InChI=1S/C21H38N4O4/c1-6-16(22-15(5)26)19(27)23-17(7-2)20(28)24-18-11-13-25(21(18)29)12-9-8-10-14(3)4/h14,16-18H,6-13H2,1-5H3,(H,22,26)(H,23,27)(H,24,28). The van der Waals surface area contributed by atoms with E-state index >= 15 is 0 Å². The maximum Gasteiger partial charge on any atom is 0.245 e. The lowest BCUT2D eigenvalue weighted by Crippen LogP contribution is -2.55. The van der Waals surface area contributed by atoms with Crippen molar-refractivity contribution in [1.82, 2.24) is 20.9 Å². The number of nitrogens with zero attached hydrogens (tertiary/aromatic N) is 1. The lowest BCUT2D eigenvalue weighted by Gasteiger charge is -2.23. The van der Waals surface area contributed by atoms with Crippen LogP contribution in [0.15, 0.2) is 0 Å². The number of hydrogen-bond donors (Lipinski definition) is 3. The lowest BCUT2D eigenvalue weighted by atomic mass is 10.1. The van der Waals surface area contributed by atoms with Crippen molar-refractivity contribution < 1.29 is 19.2 Å². The summed E-state index contributed by atoms with van der Waals surface area (Å²) in [6, 6.07) is -1.95. The molecule has 3 unspecified atom stereocenters. The van der Waals surface area contributed by atoms with Gasteiger partial charge in [0.25, 0.3) is 0 Å². The average molecular weight is 411 g/mol. The molecule has 1 fully saturated rings. The molecule has 0 saturated carbocycles. The van der Waals surface area contributed by atoms with Gasteiger partial charge in [0.1, 0.15) is 18.1 Å². The largest absolute Gasteiger partial charge is 0.345 e. The van der Waals surface area contributed by atoms with Gasteiger partial charge in [-0.15, -0.1) is 0 Å². The van der Waals surface area contributed by atoms with Crippen molar-refractivity contribution in [3.63, 3.8) is 0 Å². The van der Waals surface area contributed by atoms with E-state index in [0.717, 1.165) is 25.8 Å². The minimum Gasteiger partial charge on any atom is -0.345 e. The van der Waals surface area contributed by atoms with E-state index in [1.54, 1.807) is 13.8 Å². The van der Waals surface area contributed by atoms with Gasteiger partial charge < -0.3 is 20.9 Å². The quantitative estimate of drug-likeness (QED) is 0.422. The van der Waals surface area contributed by atoms with Crippen molar-refractivity contribution in [3.05, 3.63) is 0 Å². The van der Waals surface area contributed by atoms with Crippen LogP contribution in [0.3, 0.4) is 0 Å². The van der Waals surface area contributed by atoms with Crippen LogP contribution in [0.4, 0.5) is 0 Å². The first-order valence-corrected chi connectivity index (χ1v) is 10.9. The molecule has 0 aromatic rings. The normalized spacial score (nSPS) is 18.5. The maximum absolute atomic E-state index is 12.6. The third-order valence-electron chi connectivity index (χ3n) is 5.22. The summed E-state index contributed by atoms with van der Waals surface area (Å²) < 4.78 is 0. The van der Waals surface area contributed by atoms with Gasteiger partial charge >= 0.3 is 0 Å². The second-order valence-corrected chi connectivity index (χ2v) is 8.20. The summed E-state index contributed by atoms with van der Waals surface area (Å²) in [6.07, 6.45) is 4.62. The molecular formula is C21H38N4O4. The number of carbonyl (C=O) groups excluding carboxylic acids is 4. The zero-order valence-corrected chi connectivity index (χ0v) is 18.5. The number of unbranched alkanes of at least 4 members (excludes halogenated alkanes) is 1. The van der Waals surface area contributed by atoms with Gasteiger partial charge in [-0.3, -0.25) is 19.2 Å². The van der Waals surface area contributed by atoms with Gasteiger partial charge in [0, 0.05) is 20.0 Å². The fraction of sp³-hybridized carbons (Fsp3) is 0.810. The number of amides is 4. The third kappa shape index (κ3) is 8.41. The van der Waals surface area contributed by atoms with Gasteiger partial charge in [-0.25, -0.2) is 0 Å². The number of nitrogens with one attached hydrogen (secondary N) is 3. The summed E-state index contributed by atoms with van der Waals surface area (Å²) >= 11 is 0. The van der Waals surface area contributed by atoms with Crippen LogP contribution >= 0.6 is 0 Å². The Hall–Kier alpha value is -2.12. The SMILES string of the molecule is CCC(NC(C)=O)C(=O)NC(CC)C(=O)NC1CCN(CCCCC(C)C)C1=O. The van der Waals surface area contributed by atoms with Gasteiger partial charge in [0.15, 0.2) is 0 Å². The summed E-state index contributed by atoms with van der Waals surface area (Å²) in [4.78, 5) is 50.5. The first kappa shape index (κ1) is 24.9. The summed E-state index contributed by atoms with van der Waals surface area (Å²) in [5.74, 6) is -0.438. The van der Waals surface area contributed by atoms with E-state index in [0.29, 0.717) is 31.7 Å². The van der Waals surface area contributed by atoms with Gasteiger partial charge in [-0.1, -0.05) is 40.5 Å².